The number of rotatable bonds is 5. The van der Waals surface area contributed by atoms with Crippen molar-refractivity contribution in [1.82, 2.24) is 10.3 Å². The first-order valence-electron chi connectivity index (χ1n) is 6.95. The molecule has 1 aromatic heterocycles. The van der Waals surface area contributed by atoms with Gasteiger partial charge in [0.05, 0.1) is 17.3 Å². The van der Waals surface area contributed by atoms with Gasteiger partial charge in [0, 0.05) is 5.39 Å². The molecule has 0 aliphatic rings. The molecule has 2 heteroatoms. The number of aromatic nitrogens is 1. The molecule has 1 aromatic carbocycles. The number of nitrogens with one attached hydrogen (secondary N) is 1. The van der Waals surface area contributed by atoms with Crippen molar-refractivity contribution in [2.45, 2.75) is 33.2 Å². The average molecular weight is 254 g/mol. The molecule has 19 heavy (non-hydrogen) atoms. The Labute approximate surface area is 115 Å². The third-order valence-corrected chi connectivity index (χ3v) is 3.05. The van der Waals surface area contributed by atoms with Crippen LogP contribution in [0.25, 0.3) is 10.9 Å². The monoisotopic (exact) mass is 254 g/mol. The van der Waals surface area contributed by atoms with Crippen LogP contribution in [0.5, 0.6) is 0 Å². The Kier molecular flexibility index (Phi) is 4.69. The van der Waals surface area contributed by atoms with Crippen molar-refractivity contribution in [3.8, 4) is 0 Å². The molecule has 0 spiro atoms. The number of pyridine rings is 1. The van der Waals surface area contributed by atoms with Crippen LogP contribution in [-0.2, 0) is 0 Å². The maximum atomic E-state index is 4.77. The summed E-state index contributed by atoms with van der Waals surface area (Å²) in [6, 6.07) is 12.7. The minimum Gasteiger partial charge on any atom is -0.305 e. The van der Waals surface area contributed by atoms with Crippen LogP contribution in [0.2, 0.25) is 0 Å². The molecule has 0 radical (unpaired) electrons. The number of hydrogen-bond donors (Lipinski definition) is 1. The molecule has 2 nitrogen and oxygen atoms in total. The van der Waals surface area contributed by atoms with Gasteiger partial charge in [-0.25, -0.2) is 0 Å². The number of hydrogen-bond acceptors (Lipinski definition) is 2. The highest BCUT2D eigenvalue weighted by Crippen LogP contribution is 2.18. The Morgan fingerprint density at radius 1 is 1.21 bits per heavy atom. The van der Waals surface area contributed by atoms with Crippen molar-refractivity contribution < 1.29 is 0 Å². The first kappa shape index (κ1) is 13.8. The molecule has 100 valence electrons. The second-order valence-electron chi connectivity index (χ2n) is 5.10. The first-order valence-corrected chi connectivity index (χ1v) is 6.95. The summed E-state index contributed by atoms with van der Waals surface area (Å²) in [4.78, 5) is 4.77. The van der Waals surface area contributed by atoms with E-state index >= 15 is 0 Å². The average Bonchev–Trinajstić information content (AvgIpc) is 2.42. The van der Waals surface area contributed by atoms with Gasteiger partial charge < -0.3 is 5.32 Å². The first-order chi connectivity index (χ1) is 9.20. The van der Waals surface area contributed by atoms with Gasteiger partial charge in [0.25, 0.3) is 0 Å². The molecule has 0 amide bonds. The van der Waals surface area contributed by atoms with E-state index < -0.39 is 0 Å². The Bertz CT molecular complexity index is 568. The maximum absolute atomic E-state index is 4.77. The summed E-state index contributed by atoms with van der Waals surface area (Å²) in [5, 5.41) is 4.74. The quantitative estimate of drug-likeness (QED) is 0.807. The molecule has 0 saturated heterocycles. The highest BCUT2D eigenvalue weighted by Gasteiger charge is 2.09. The van der Waals surface area contributed by atoms with Crippen molar-refractivity contribution in [1.29, 1.82) is 0 Å². The number of para-hydroxylation sites is 1. The van der Waals surface area contributed by atoms with E-state index in [-0.39, 0.29) is 6.04 Å². The van der Waals surface area contributed by atoms with Crippen molar-refractivity contribution in [3.63, 3.8) is 0 Å². The molecule has 2 rings (SSSR count). The lowest BCUT2D eigenvalue weighted by molar-refractivity contribution is 0.599. The lowest BCUT2D eigenvalue weighted by Gasteiger charge is -2.15. The SMILES string of the molecule is CCCNC(C=C(C)C)c1ccc2ccccc2n1. The molecule has 0 fully saturated rings. The van der Waals surface area contributed by atoms with E-state index in [0.29, 0.717) is 0 Å². The minimum absolute atomic E-state index is 0.203. The van der Waals surface area contributed by atoms with Crippen molar-refractivity contribution in [3.05, 3.63) is 53.7 Å². The largest absolute Gasteiger partial charge is 0.305 e. The normalized spacial score (nSPS) is 12.4. The van der Waals surface area contributed by atoms with Crippen molar-refractivity contribution in [2.24, 2.45) is 0 Å². The smallest absolute Gasteiger partial charge is 0.0706 e. The molecule has 0 bridgehead atoms. The predicted octanol–water partition coefficient (Wildman–Crippen LogP) is 4.24. The molecule has 0 aliphatic carbocycles. The van der Waals surface area contributed by atoms with Gasteiger partial charge in [0.2, 0.25) is 0 Å². The van der Waals surface area contributed by atoms with Gasteiger partial charge >= 0.3 is 0 Å². The molecule has 1 N–H and O–H groups in total. The van der Waals surface area contributed by atoms with E-state index in [1.807, 2.05) is 12.1 Å². The summed E-state index contributed by atoms with van der Waals surface area (Å²) in [6.45, 7) is 7.44. The van der Waals surface area contributed by atoms with E-state index in [1.54, 1.807) is 0 Å². The van der Waals surface area contributed by atoms with Gasteiger partial charge in [-0.3, -0.25) is 4.98 Å². The summed E-state index contributed by atoms with van der Waals surface area (Å²) in [5.41, 5.74) is 3.46. The summed E-state index contributed by atoms with van der Waals surface area (Å²) < 4.78 is 0. The fourth-order valence-corrected chi connectivity index (χ4v) is 2.14. The highest BCUT2D eigenvalue weighted by atomic mass is 14.9. The third-order valence-electron chi connectivity index (χ3n) is 3.05. The fourth-order valence-electron chi connectivity index (χ4n) is 2.14. The van der Waals surface area contributed by atoms with Crippen LogP contribution in [0.4, 0.5) is 0 Å². The van der Waals surface area contributed by atoms with Gasteiger partial charge in [0.1, 0.15) is 0 Å². The van der Waals surface area contributed by atoms with Crippen molar-refractivity contribution in [2.75, 3.05) is 6.54 Å². The molecule has 0 saturated carbocycles. The zero-order chi connectivity index (χ0) is 13.7. The van der Waals surface area contributed by atoms with E-state index in [4.69, 9.17) is 4.98 Å². The van der Waals surface area contributed by atoms with Crippen LogP contribution in [0.1, 0.15) is 38.9 Å². The van der Waals surface area contributed by atoms with E-state index in [1.165, 1.54) is 11.0 Å². The van der Waals surface area contributed by atoms with Gasteiger partial charge in [-0.05, 0) is 38.9 Å². The number of fused-ring (bicyclic) bond motifs is 1. The Morgan fingerprint density at radius 2 is 2.00 bits per heavy atom. The summed E-state index contributed by atoms with van der Waals surface area (Å²) >= 11 is 0. The van der Waals surface area contributed by atoms with Crippen LogP contribution in [0.15, 0.2) is 48.0 Å². The second-order valence-corrected chi connectivity index (χ2v) is 5.10. The molecular weight excluding hydrogens is 232 g/mol. The number of benzene rings is 1. The van der Waals surface area contributed by atoms with E-state index in [9.17, 15) is 0 Å². The third kappa shape index (κ3) is 3.65. The highest BCUT2D eigenvalue weighted by molar-refractivity contribution is 5.78. The lowest BCUT2D eigenvalue weighted by atomic mass is 10.1. The zero-order valence-corrected chi connectivity index (χ0v) is 12.0. The maximum Gasteiger partial charge on any atom is 0.0706 e. The number of allylic oxidation sites excluding steroid dienone is 1. The Balaban J connectivity index is 2.34. The van der Waals surface area contributed by atoms with E-state index in [2.05, 4.69) is 56.4 Å². The van der Waals surface area contributed by atoms with Crippen LogP contribution in [-0.4, -0.2) is 11.5 Å². The molecule has 1 atom stereocenters. The van der Waals surface area contributed by atoms with Gasteiger partial charge in [-0.1, -0.05) is 42.8 Å². The molecule has 1 unspecified atom stereocenters. The van der Waals surface area contributed by atoms with Gasteiger partial charge in [-0.15, -0.1) is 0 Å². The lowest BCUT2D eigenvalue weighted by Crippen LogP contribution is -2.21. The predicted molar refractivity (Wildman–Crippen MR) is 82.2 cm³/mol. The summed E-state index contributed by atoms with van der Waals surface area (Å²) in [5.74, 6) is 0. The van der Waals surface area contributed by atoms with Gasteiger partial charge in [0.15, 0.2) is 0 Å². The van der Waals surface area contributed by atoms with E-state index in [0.717, 1.165) is 24.2 Å². The Morgan fingerprint density at radius 3 is 2.74 bits per heavy atom. The molecule has 2 aromatic rings. The second kappa shape index (κ2) is 6.48. The van der Waals surface area contributed by atoms with Crippen LogP contribution in [0.3, 0.4) is 0 Å². The van der Waals surface area contributed by atoms with Crippen LogP contribution < -0.4 is 5.32 Å². The standard InChI is InChI=1S/C17H22N2/c1-4-11-18-17(12-13(2)3)16-10-9-14-7-5-6-8-15(14)19-16/h5-10,12,17-18H,4,11H2,1-3H3. The van der Waals surface area contributed by atoms with Crippen LogP contribution in [0, 0.1) is 0 Å². The molecular formula is C17H22N2. The number of nitrogens with zero attached hydrogens (tertiary/aromatic N) is 1. The molecule has 1 heterocycles. The minimum atomic E-state index is 0.203. The fraction of sp³-hybridized carbons (Fsp3) is 0.353. The Hall–Kier alpha value is -1.67. The van der Waals surface area contributed by atoms with Crippen LogP contribution >= 0.6 is 0 Å². The van der Waals surface area contributed by atoms with Gasteiger partial charge in [-0.2, -0.15) is 0 Å². The van der Waals surface area contributed by atoms with Crippen molar-refractivity contribution >= 4 is 10.9 Å². The summed E-state index contributed by atoms with van der Waals surface area (Å²) in [7, 11) is 0. The topological polar surface area (TPSA) is 24.9 Å². The summed E-state index contributed by atoms with van der Waals surface area (Å²) in [6.07, 6.45) is 3.37. The zero-order valence-electron chi connectivity index (χ0n) is 12.0. The molecule has 0 aliphatic heterocycles.